The van der Waals surface area contributed by atoms with Crippen LogP contribution in [0.2, 0.25) is 0 Å². The summed E-state index contributed by atoms with van der Waals surface area (Å²) in [6.45, 7) is 0. The molecule has 0 heterocycles. The van der Waals surface area contributed by atoms with Gasteiger partial charge in [-0.3, -0.25) is 4.79 Å². The zero-order valence-electron chi connectivity index (χ0n) is 5.22. The first-order chi connectivity index (χ1) is 3.81. The molecule has 3 heteroatoms. The van der Waals surface area contributed by atoms with Gasteiger partial charge in [-0.2, -0.15) is 0 Å². The molecule has 0 N–H and O–H groups in total. The minimum Gasteiger partial charge on any atom is -0.469 e. The van der Waals surface area contributed by atoms with Crippen molar-refractivity contribution in [2.75, 3.05) is 7.11 Å². The standard InChI is InChI=1S/C6H8O2.ClH/c1-3-4-5-6(7)8-2;/h1H,4-5H2,2H3;1H. The summed E-state index contributed by atoms with van der Waals surface area (Å²) in [6, 6.07) is 0. The highest BCUT2D eigenvalue weighted by Crippen LogP contribution is 1.87. The van der Waals surface area contributed by atoms with Crippen molar-refractivity contribution in [1.82, 2.24) is 0 Å². The van der Waals surface area contributed by atoms with E-state index in [1.165, 1.54) is 7.11 Å². The maximum atomic E-state index is 10.3. The lowest BCUT2D eigenvalue weighted by Gasteiger charge is -1.90. The number of ether oxygens (including phenoxy) is 1. The molecule has 0 amide bonds. The van der Waals surface area contributed by atoms with Gasteiger partial charge >= 0.3 is 5.97 Å². The molecule has 0 aliphatic carbocycles. The molecule has 0 saturated heterocycles. The number of rotatable bonds is 2. The molecule has 0 aromatic carbocycles. The van der Waals surface area contributed by atoms with Crippen LogP contribution in [0.4, 0.5) is 0 Å². The number of esters is 1. The van der Waals surface area contributed by atoms with Gasteiger partial charge in [0, 0.05) is 6.42 Å². The second-order valence-corrected chi connectivity index (χ2v) is 1.28. The van der Waals surface area contributed by atoms with E-state index >= 15 is 0 Å². The first kappa shape index (κ1) is 11.2. The van der Waals surface area contributed by atoms with E-state index in [-0.39, 0.29) is 18.4 Å². The van der Waals surface area contributed by atoms with E-state index in [0.29, 0.717) is 12.8 Å². The smallest absolute Gasteiger partial charge is 0.306 e. The van der Waals surface area contributed by atoms with E-state index in [0.717, 1.165) is 0 Å². The summed E-state index contributed by atoms with van der Waals surface area (Å²) < 4.78 is 4.32. The molecule has 0 aliphatic rings. The van der Waals surface area contributed by atoms with Crippen LogP contribution in [0.5, 0.6) is 0 Å². The summed E-state index contributed by atoms with van der Waals surface area (Å²) in [5, 5.41) is 0. The molecule has 0 saturated carbocycles. The predicted octanol–water partition coefficient (Wildman–Crippen LogP) is 0.995. The lowest BCUT2D eigenvalue weighted by molar-refractivity contribution is -0.140. The number of hydrogen-bond acceptors (Lipinski definition) is 2. The second-order valence-electron chi connectivity index (χ2n) is 1.28. The molecule has 0 radical (unpaired) electrons. The van der Waals surface area contributed by atoms with Crippen LogP contribution in [0.3, 0.4) is 0 Å². The van der Waals surface area contributed by atoms with E-state index in [4.69, 9.17) is 6.42 Å². The van der Waals surface area contributed by atoms with E-state index in [2.05, 4.69) is 10.7 Å². The number of carbonyl (C=O) groups is 1. The van der Waals surface area contributed by atoms with Crippen molar-refractivity contribution in [1.29, 1.82) is 0 Å². The van der Waals surface area contributed by atoms with Crippen LogP contribution in [0, 0.1) is 12.3 Å². The summed E-state index contributed by atoms with van der Waals surface area (Å²) in [5.74, 6) is 2.08. The lowest BCUT2D eigenvalue weighted by Crippen LogP contribution is -1.97. The molecule has 0 rings (SSSR count). The molecular weight excluding hydrogens is 140 g/mol. The predicted molar refractivity (Wildman–Crippen MR) is 37.3 cm³/mol. The molecule has 0 fully saturated rings. The molecule has 0 unspecified atom stereocenters. The molecule has 52 valence electrons. The fourth-order valence-corrected chi connectivity index (χ4v) is 0.276. The average molecular weight is 149 g/mol. The Morgan fingerprint density at radius 3 is 2.67 bits per heavy atom. The van der Waals surface area contributed by atoms with Gasteiger partial charge in [-0.05, 0) is 0 Å². The van der Waals surface area contributed by atoms with Crippen molar-refractivity contribution in [2.45, 2.75) is 12.8 Å². The quantitative estimate of drug-likeness (QED) is 0.431. The number of carbonyl (C=O) groups excluding carboxylic acids is 1. The topological polar surface area (TPSA) is 26.3 Å². The van der Waals surface area contributed by atoms with Crippen molar-refractivity contribution in [2.24, 2.45) is 0 Å². The van der Waals surface area contributed by atoms with Crippen molar-refractivity contribution in [3.05, 3.63) is 0 Å². The summed E-state index contributed by atoms with van der Waals surface area (Å²) in [6.07, 6.45) is 5.67. The fraction of sp³-hybridized carbons (Fsp3) is 0.500. The Bertz CT molecular complexity index is 115. The second kappa shape index (κ2) is 7.32. The maximum Gasteiger partial charge on any atom is 0.306 e. The Hall–Kier alpha value is -0.680. The molecule has 0 aromatic rings. The molecule has 0 spiro atoms. The van der Waals surface area contributed by atoms with Crippen LogP contribution < -0.4 is 0 Å². The van der Waals surface area contributed by atoms with Gasteiger partial charge in [-0.25, -0.2) is 0 Å². The fourth-order valence-electron chi connectivity index (χ4n) is 0.276. The highest BCUT2D eigenvalue weighted by molar-refractivity contribution is 5.85. The molecule has 9 heavy (non-hydrogen) atoms. The van der Waals surface area contributed by atoms with Crippen LogP contribution in [0.1, 0.15) is 12.8 Å². The van der Waals surface area contributed by atoms with Gasteiger partial charge in [0.15, 0.2) is 0 Å². The number of methoxy groups -OCH3 is 1. The Morgan fingerprint density at radius 2 is 2.33 bits per heavy atom. The zero-order valence-corrected chi connectivity index (χ0v) is 6.03. The Morgan fingerprint density at radius 1 is 1.78 bits per heavy atom. The van der Waals surface area contributed by atoms with Gasteiger partial charge in [0.2, 0.25) is 0 Å². The highest BCUT2D eigenvalue weighted by Gasteiger charge is 1.94. The summed E-state index contributed by atoms with van der Waals surface area (Å²) in [7, 11) is 1.35. The van der Waals surface area contributed by atoms with Crippen LogP contribution in [0.15, 0.2) is 0 Å². The SMILES string of the molecule is C#CCCC(=O)OC.Cl. The first-order valence-electron chi connectivity index (χ1n) is 2.31. The van der Waals surface area contributed by atoms with Gasteiger partial charge in [0.25, 0.3) is 0 Å². The number of terminal acetylenes is 1. The van der Waals surface area contributed by atoms with E-state index in [1.54, 1.807) is 0 Å². The molecule has 0 bridgehead atoms. The molecule has 0 aliphatic heterocycles. The van der Waals surface area contributed by atoms with Crippen LogP contribution in [-0.2, 0) is 9.53 Å². The van der Waals surface area contributed by atoms with Crippen LogP contribution in [0.25, 0.3) is 0 Å². The normalized spacial score (nSPS) is 6.67. The Balaban J connectivity index is 0. The van der Waals surface area contributed by atoms with Gasteiger partial charge in [-0.15, -0.1) is 24.8 Å². The number of halogens is 1. The largest absolute Gasteiger partial charge is 0.469 e. The minimum absolute atomic E-state index is 0. The van der Waals surface area contributed by atoms with Crippen molar-refractivity contribution >= 4 is 18.4 Å². The van der Waals surface area contributed by atoms with E-state index < -0.39 is 0 Å². The summed E-state index contributed by atoms with van der Waals surface area (Å²) in [5.41, 5.74) is 0. The van der Waals surface area contributed by atoms with Crippen LogP contribution in [-0.4, -0.2) is 13.1 Å². The summed E-state index contributed by atoms with van der Waals surface area (Å²) >= 11 is 0. The molecule has 2 nitrogen and oxygen atoms in total. The van der Waals surface area contributed by atoms with Gasteiger partial charge in [0.05, 0.1) is 13.5 Å². The monoisotopic (exact) mass is 148 g/mol. The zero-order chi connectivity index (χ0) is 6.41. The Kier molecular flexibility index (Phi) is 9.08. The van der Waals surface area contributed by atoms with Crippen molar-refractivity contribution in [3.8, 4) is 12.3 Å². The highest BCUT2D eigenvalue weighted by atomic mass is 35.5. The molecule has 0 aromatic heterocycles. The minimum atomic E-state index is -0.247. The third-order valence-electron chi connectivity index (χ3n) is 0.701. The van der Waals surface area contributed by atoms with E-state index in [1.807, 2.05) is 0 Å². The van der Waals surface area contributed by atoms with E-state index in [9.17, 15) is 4.79 Å². The van der Waals surface area contributed by atoms with Crippen molar-refractivity contribution < 1.29 is 9.53 Å². The third-order valence-corrected chi connectivity index (χ3v) is 0.701. The molecular formula is C6H9ClO2. The molecule has 0 atom stereocenters. The summed E-state index contributed by atoms with van der Waals surface area (Å²) in [4.78, 5) is 10.3. The number of hydrogen-bond donors (Lipinski definition) is 0. The lowest BCUT2D eigenvalue weighted by atomic mass is 10.3. The van der Waals surface area contributed by atoms with Crippen LogP contribution >= 0.6 is 12.4 Å². The maximum absolute atomic E-state index is 10.3. The van der Waals surface area contributed by atoms with Gasteiger partial charge in [0.1, 0.15) is 0 Å². The first-order valence-corrected chi connectivity index (χ1v) is 2.31. The third kappa shape index (κ3) is 7.32. The Labute approximate surface area is 61.0 Å². The average Bonchev–Trinajstić information content (AvgIpc) is 1.83. The van der Waals surface area contributed by atoms with Gasteiger partial charge < -0.3 is 4.74 Å². The van der Waals surface area contributed by atoms with Crippen molar-refractivity contribution in [3.63, 3.8) is 0 Å². The van der Waals surface area contributed by atoms with Gasteiger partial charge in [-0.1, -0.05) is 0 Å².